The minimum absolute atomic E-state index is 0.106. The molecule has 21 heavy (non-hydrogen) atoms. The molecule has 0 aliphatic heterocycles. The van der Waals surface area contributed by atoms with Crippen LogP contribution in [0.3, 0.4) is 0 Å². The normalized spacial score (nSPS) is 10.5. The summed E-state index contributed by atoms with van der Waals surface area (Å²) in [6.45, 7) is 0. The quantitative estimate of drug-likeness (QED) is 0.588. The Hall–Kier alpha value is -3.02. The average Bonchev–Trinajstić information content (AvgIpc) is 2.53. The first kappa shape index (κ1) is 13.0. The summed E-state index contributed by atoms with van der Waals surface area (Å²) < 4.78 is 0. The molecule has 3 rings (SSSR count). The second kappa shape index (κ2) is 5.16. The zero-order chi connectivity index (χ0) is 14.8. The van der Waals surface area contributed by atoms with Gasteiger partial charge in [0.2, 0.25) is 5.95 Å². The summed E-state index contributed by atoms with van der Waals surface area (Å²) in [5.74, 6) is 0.350. The number of anilines is 1. The largest absolute Gasteiger partial charge is 0.357 e. The highest BCUT2D eigenvalue weighted by molar-refractivity contribution is 5.97. The standard InChI is InChI=1S/C15H12N4O2/c1-16-15-17-9-13(19(20)21)14(18-15)12-8-4-6-10-5-2-3-7-11(10)12/h2-9H,1H3,(H,16,17,18). The smallest absolute Gasteiger partial charge is 0.313 e. The van der Waals surface area contributed by atoms with Crippen LogP contribution in [0, 0.1) is 10.1 Å². The molecule has 6 heteroatoms. The van der Waals surface area contributed by atoms with Crippen LogP contribution >= 0.6 is 0 Å². The highest BCUT2D eigenvalue weighted by atomic mass is 16.6. The van der Waals surface area contributed by atoms with E-state index in [9.17, 15) is 10.1 Å². The van der Waals surface area contributed by atoms with E-state index >= 15 is 0 Å². The lowest BCUT2D eigenvalue weighted by atomic mass is 10.0. The Morgan fingerprint density at radius 1 is 1.14 bits per heavy atom. The van der Waals surface area contributed by atoms with Crippen LogP contribution in [0.2, 0.25) is 0 Å². The zero-order valence-corrected chi connectivity index (χ0v) is 11.3. The summed E-state index contributed by atoms with van der Waals surface area (Å²) in [7, 11) is 1.67. The van der Waals surface area contributed by atoms with Crippen LogP contribution < -0.4 is 5.32 Å². The first-order valence-electron chi connectivity index (χ1n) is 6.38. The van der Waals surface area contributed by atoms with Crippen molar-refractivity contribution in [1.29, 1.82) is 0 Å². The Balaban J connectivity index is 2.34. The molecule has 104 valence electrons. The molecule has 0 bridgehead atoms. The Morgan fingerprint density at radius 2 is 1.90 bits per heavy atom. The van der Waals surface area contributed by atoms with Crippen LogP contribution in [0.5, 0.6) is 0 Å². The van der Waals surface area contributed by atoms with Crippen molar-refractivity contribution in [3.8, 4) is 11.3 Å². The number of rotatable bonds is 3. The van der Waals surface area contributed by atoms with E-state index in [1.165, 1.54) is 6.20 Å². The number of aromatic nitrogens is 2. The van der Waals surface area contributed by atoms with Crippen molar-refractivity contribution in [3.05, 3.63) is 58.8 Å². The van der Waals surface area contributed by atoms with Crippen molar-refractivity contribution in [2.75, 3.05) is 12.4 Å². The Bertz CT molecular complexity index is 828. The van der Waals surface area contributed by atoms with Gasteiger partial charge in [0, 0.05) is 12.6 Å². The SMILES string of the molecule is CNc1ncc([N+](=O)[O-])c(-c2cccc3ccccc23)n1. The fourth-order valence-electron chi connectivity index (χ4n) is 2.26. The Morgan fingerprint density at radius 3 is 2.67 bits per heavy atom. The first-order chi connectivity index (χ1) is 10.2. The minimum atomic E-state index is -0.462. The van der Waals surface area contributed by atoms with Gasteiger partial charge in [-0.2, -0.15) is 0 Å². The Kier molecular flexibility index (Phi) is 3.19. The number of nitrogens with zero attached hydrogens (tertiary/aromatic N) is 3. The van der Waals surface area contributed by atoms with Gasteiger partial charge in [0.05, 0.1) is 4.92 Å². The van der Waals surface area contributed by atoms with Gasteiger partial charge in [-0.15, -0.1) is 0 Å². The maximum atomic E-state index is 11.2. The lowest BCUT2D eigenvalue weighted by Gasteiger charge is -2.08. The van der Waals surface area contributed by atoms with E-state index in [1.54, 1.807) is 7.05 Å². The Labute approximate surface area is 120 Å². The second-order valence-corrected chi connectivity index (χ2v) is 4.46. The molecule has 6 nitrogen and oxygen atoms in total. The minimum Gasteiger partial charge on any atom is -0.357 e. The van der Waals surface area contributed by atoms with Gasteiger partial charge in [0.15, 0.2) is 5.69 Å². The van der Waals surface area contributed by atoms with Gasteiger partial charge >= 0.3 is 5.69 Å². The van der Waals surface area contributed by atoms with Gasteiger partial charge in [-0.3, -0.25) is 10.1 Å². The summed E-state index contributed by atoms with van der Waals surface area (Å²) in [6.07, 6.45) is 1.23. The van der Waals surface area contributed by atoms with Crippen LogP contribution in [0.25, 0.3) is 22.0 Å². The molecule has 1 aromatic heterocycles. The van der Waals surface area contributed by atoms with E-state index in [4.69, 9.17) is 0 Å². The molecule has 0 radical (unpaired) electrons. The fourth-order valence-corrected chi connectivity index (χ4v) is 2.26. The van der Waals surface area contributed by atoms with Crippen molar-refractivity contribution in [3.63, 3.8) is 0 Å². The molecule has 0 atom stereocenters. The van der Waals surface area contributed by atoms with E-state index in [0.29, 0.717) is 11.6 Å². The lowest BCUT2D eigenvalue weighted by Crippen LogP contribution is -2.01. The van der Waals surface area contributed by atoms with Crippen LogP contribution in [0.4, 0.5) is 11.6 Å². The summed E-state index contributed by atoms with van der Waals surface area (Å²) in [6, 6.07) is 13.4. The van der Waals surface area contributed by atoms with Gasteiger partial charge in [0.1, 0.15) is 6.20 Å². The first-order valence-corrected chi connectivity index (χ1v) is 6.38. The third kappa shape index (κ3) is 2.27. The molecule has 0 unspecified atom stereocenters. The van der Waals surface area contributed by atoms with Crippen molar-refractivity contribution >= 4 is 22.4 Å². The maximum Gasteiger partial charge on any atom is 0.313 e. The van der Waals surface area contributed by atoms with Gasteiger partial charge in [-0.05, 0) is 10.8 Å². The third-order valence-corrected chi connectivity index (χ3v) is 3.23. The molecule has 0 saturated heterocycles. The van der Waals surface area contributed by atoms with Crippen LogP contribution in [-0.2, 0) is 0 Å². The van der Waals surface area contributed by atoms with Crippen LogP contribution in [0.15, 0.2) is 48.7 Å². The number of hydrogen-bond donors (Lipinski definition) is 1. The molecular weight excluding hydrogens is 268 g/mol. The number of nitro groups is 1. The van der Waals surface area contributed by atoms with Crippen molar-refractivity contribution in [1.82, 2.24) is 9.97 Å². The summed E-state index contributed by atoms with van der Waals surface area (Å²) >= 11 is 0. The summed E-state index contributed by atoms with van der Waals surface area (Å²) in [5, 5.41) is 16.0. The molecule has 0 fully saturated rings. The highest BCUT2D eigenvalue weighted by Crippen LogP contribution is 2.33. The second-order valence-electron chi connectivity index (χ2n) is 4.46. The number of fused-ring (bicyclic) bond motifs is 1. The molecule has 0 amide bonds. The van der Waals surface area contributed by atoms with Crippen molar-refractivity contribution in [2.45, 2.75) is 0 Å². The number of benzene rings is 2. The van der Waals surface area contributed by atoms with Crippen molar-refractivity contribution < 1.29 is 4.92 Å². The molecule has 1 N–H and O–H groups in total. The summed E-state index contributed by atoms with van der Waals surface area (Å²) in [4.78, 5) is 19.0. The van der Waals surface area contributed by atoms with E-state index in [1.807, 2.05) is 42.5 Å². The number of nitrogens with one attached hydrogen (secondary N) is 1. The average molecular weight is 280 g/mol. The topological polar surface area (TPSA) is 81.0 Å². The lowest BCUT2D eigenvalue weighted by molar-refractivity contribution is -0.384. The van der Waals surface area contributed by atoms with Gasteiger partial charge < -0.3 is 5.32 Å². The molecule has 0 saturated carbocycles. The van der Waals surface area contributed by atoms with Gasteiger partial charge in [-0.25, -0.2) is 9.97 Å². The zero-order valence-electron chi connectivity index (χ0n) is 11.3. The highest BCUT2D eigenvalue weighted by Gasteiger charge is 2.20. The monoisotopic (exact) mass is 280 g/mol. The predicted molar refractivity (Wildman–Crippen MR) is 81.2 cm³/mol. The molecule has 0 aliphatic carbocycles. The third-order valence-electron chi connectivity index (χ3n) is 3.23. The van der Waals surface area contributed by atoms with Crippen LogP contribution in [-0.4, -0.2) is 21.9 Å². The molecule has 0 spiro atoms. The van der Waals surface area contributed by atoms with E-state index in [-0.39, 0.29) is 5.69 Å². The summed E-state index contributed by atoms with van der Waals surface area (Å²) in [5.41, 5.74) is 0.931. The number of hydrogen-bond acceptors (Lipinski definition) is 5. The van der Waals surface area contributed by atoms with Gasteiger partial charge in [0.25, 0.3) is 0 Å². The molecule has 3 aromatic rings. The van der Waals surface area contributed by atoms with Gasteiger partial charge in [-0.1, -0.05) is 42.5 Å². The van der Waals surface area contributed by atoms with Crippen molar-refractivity contribution in [2.24, 2.45) is 0 Å². The fraction of sp³-hybridized carbons (Fsp3) is 0.0667. The molecule has 2 aromatic carbocycles. The predicted octanol–water partition coefficient (Wildman–Crippen LogP) is 3.25. The van der Waals surface area contributed by atoms with Crippen LogP contribution in [0.1, 0.15) is 0 Å². The van der Waals surface area contributed by atoms with E-state index in [0.717, 1.165) is 16.3 Å². The molecule has 0 aliphatic rings. The van der Waals surface area contributed by atoms with E-state index in [2.05, 4.69) is 15.3 Å². The van der Waals surface area contributed by atoms with E-state index < -0.39 is 4.92 Å². The molecule has 1 heterocycles. The molecular formula is C15H12N4O2. The maximum absolute atomic E-state index is 11.2.